The molecule has 1 amide bonds. The molecular formula is C31H35N3O3. The zero-order valence-electron chi connectivity index (χ0n) is 22.2. The van der Waals surface area contributed by atoms with Crippen LogP contribution < -0.4 is 5.32 Å². The highest BCUT2D eigenvalue weighted by atomic mass is 16.4. The van der Waals surface area contributed by atoms with Crippen molar-refractivity contribution < 1.29 is 14.7 Å². The molecule has 1 heterocycles. The van der Waals surface area contributed by atoms with Gasteiger partial charge in [-0.15, -0.1) is 0 Å². The van der Waals surface area contributed by atoms with Crippen molar-refractivity contribution in [2.75, 3.05) is 6.54 Å². The number of aryl methyl sites for hydroxylation is 3. The standard InChI is InChI=1S/C31H35N3O3/c1-19(2)16-29(23-7-9-24(10-8-23)31(37)32-15-14-30(35)36)34-28-13-12-26(22(5)27(28)18-33-34)25-11-6-20(3)17-21(25)4/h6-13,17-19,29H,14-16H2,1-5H3,(H,32,37)(H,35,36). The van der Waals surface area contributed by atoms with Crippen molar-refractivity contribution in [2.24, 2.45) is 5.92 Å². The molecular weight excluding hydrogens is 462 g/mol. The van der Waals surface area contributed by atoms with E-state index in [1.54, 1.807) is 12.1 Å². The molecule has 1 atom stereocenters. The number of hydrogen-bond donors (Lipinski definition) is 2. The fraction of sp³-hybridized carbons (Fsp3) is 0.323. The van der Waals surface area contributed by atoms with Gasteiger partial charge in [0.25, 0.3) is 5.91 Å². The number of amides is 1. The predicted molar refractivity (Wildman–Crippen MR) is 148 cm³/mol. The number of benzene rings is 3. The molecule has 6 heteroatoms. The van der Waals surface area contributed by atoms with E-state index >= 15 is 0 Å². The minimum atomic E-state index is -0.935. The number of nitrogens with one attached hydrogen (secondary N) is 1. The van der Waals surface area contributed by atoms with Crippen LogP contribution in [-0.4, -0.2) is 33.3 Å². The van der Waals surface area contributed by atoms with Crippen molar-refractivity contribution in [2.45, 2.75) is 53.5 Å². The molecule has 192 valence electrons. The number of carbonyl (C=O) groups is 2. The number of aliphatic carboxylic acids is 1. The molecule has 4 rings (SSSR count). The molecule has 0 aliphatic rings. The Morgan fingerprint density at radius 3 is 2.32 bits per heavy atom. The van der Waals surface area contributed by atoms with Crippen molar-refractivity contribution in [3.8, 4) is 11.1 Å². The first-order chi connectivity index (χ1) is 17.7. The molecule has 0 bridgehead atoms. The van der Waals surface area contributed by atoms with Gasteiger partial charge in [-0.25, -0.2) is 0 Å². The maximum absolute atomic E-state index is 12.4. The molecule has 0 spiro atoms. The smallest absolute Gasteiger partial charge is 0.305 e. The number of carboxylic acids is 1. The van der Waals surface area contributed by atoms with Crippen molar-refractivity contribution in [1.29, 1.82) is 0 Å². The van der Waals surface area contributed by atoms with E-state index in [-0.39, 0.29) is 24.9 Å². The second-order valence-electron chi connectivity index (χ2n) is 10.2. The molecule has 37 heavy (non-hydrogen) atoms. The molecule has 0 aliphatic heterocycles. The molecule has 0 saturated heterocycles. The molecule has 3 aromatic carbocycles. The zero-order chi connectivity index (χ0) is 26.7. The van der Waals surface area contributed by atoms with Gasteiger partial charge in [-0.2, -0.15) is 5.10 Å². The molecule has 1 unspecified atom stereocenters. The Hall–Kier alpha value is -3.93. The van der Waals surface area contributed by atoms with Gasteiger partial charge in [-0.05, 0) is 79.1 Å². The van der Waals surface area contributed by atoms with Crippen LogP contribution in [0.15, 0.2) is 60.8 Å². The number of hydrogen-bond acceptors (Lipinski definition) is 3. The Bertz CT molecular complexity index is 1430. The summed E-state index contributed by atoms with van der Waals surface area (Å²) in [5, 5.41) is 17.4. The number of rotatable bonds is 9. The van der Waals surface area contributed by atoms with Crippen molar-refractivity contribution in [3.63, 3.8) is 0 Å². The fourth-order valence-corrected chi connectivity index (χ4v) is 4.98. The van der Waals surface area contributed by atoms with Crippen LogP contribution in [-0.2, 0) is 4.79 Å². The van der Waals surface area contributed by atoms with Crippen LogP contribution >= 0.6 is 0 Å². The Kier molecular flexibility index (Phi) is 7.77. The van der Waals surface area contributed by atoms with E-state index < -0.39 is 5.97 Å². The number of nitrogens with zero attached hydrogens (tertiary/aromatic N) is 2. The Balaban J connectivity index is 1.67. The lowest BCUT2D eigenvalue weighted by molar-refractivity contribution is -0.136. The number of carboxylic acid groups (broad SMARTS) is 1. The normalized spacial score (nSPS) is 12.2. The van der Waals surface area contributed by atoms with Crippen LogP contribution in [0.4, 0.5) is 0 Å². The first kappa shape index (κ1) is 26.1. The SMILES string of the molecule is Cc1ccc(-c2ccc3c(cnn3C(CC(C)C)c3ccc(C(=O)NCCC(=O)O)cc3)c2C)c(C)c1. The molecule has 0 saturated carbocycles. The summed E-state index contributed by atoms with van der Waals surface area (Å²) in [6, 6.07) is 18.5. The summed E-state index contributed by atoms with van der Waals surface area (Å²) < 4.78 is 2.11. The lowest BCUT2D eigenvalue weighted by atomic mass is 9.93. The van der Waals surface area contributed by atoms with Gasteiger partial charge < -0.3 is 10.4 Å². The molecule has 0 aliphatic carbocycles. The van der Waals surface area contributed by atoms with Gasteiger partial charge in [-0.1, -0.05) is 55.8 Å². The second-order valence-corrected chi connectivity index (χ2v) is 10.2. The summed E-state index contributed by atoms with van der Waals surface area (Å²) in [5.74, 6) is -0.763. The van der Waals surface area contributed by atoms with Gasteiger partial charge in [0.1, 0.15) is 0 Å². The maximum atomic E-state index is 12.4. The monoisotopic (exact) mass is 497 g/mol. The summed E-state index contributed by atoms with van der Waals surface area (Å²) >= 11 is 0. The highest BCUT2D eigenvalue weighted by molar-refractivity contribution is 5.94. The first-order valence-corrected chi connectivity index (χ1v) is 12.8. The van der Waals surface area contributed by atoms with Gasteiger partial charge in [0.15, 0.2) is 0 Å². The second kappa shape index (κ2) is 11.0. The van der Waals surface area contributed by atoms with Crippen LogP contribution in [0.3, 0.4) is 0 Å². The third-order valence-corrected chi connectivity index (χ3v) is 6.89. The Morgan fingerprint density at radius 2 is 1.68 bits per heavy atom. The number of carbonyl (C=O) groups excluding carboxylic acids is 1. The van der Waals surface area contributed by atoms with E-state index in [1.165, 1.54) is 27.8 Å². The molecule has 4 aromatic rings. The van der Waals surface area contributed by atoms with E-state index in [0.29, 0.717) is 11.5 Å². The topological polar surface area (TPSA) is 84.2 Å². The third-order valence-electron chi connectivity index (χ3n) is 6.89. The molecule has 0 radical (unpaired) electrons. The first-order valence-electron chi connectivity index (χ1n) is 12.8. The van der Waals surface area contributed by atoms with E-state index in [1.807, 2.05) is 18.3 Å². The summed E-state index contributed by atoms with van der Waals surface area (Å²) in [7, 11) is 0. The summed E-state index contributed by atoms with van der Waals surface area (Å²) in [4.78, 5) is 23.1. The predicted octanol–water partition coefficient (Wildman–Crippen LogP) is 6.47. The summed E-state index contributed by atoms with van der Waals surface area (Å²) in [6.07, 6.45) is 2.77. The highest BCUT2D eigenvalue weighted by Crippen LogP contribution is 2.35. The van der Waals surface area contributed by atoms with Gasteiger partial charge in [0.05, 0.1) is 24.2 Å². The van der Waals surface area contributed by atoms with E-state index in [0.717, 1.165) is 22.9 Å². The minimum Gasteiger partial charge on any atom is -0.481 e. The van der Waals surface area contributed by atoms with Crippen LogP contribution in [0.2, 0.25) is 0 Å². The quantitative estimate of drug-likeness (QED) is 0.278. The van der Waals surface area contributed by atoms with E-state index in [4.69, 9.17) is 10.2 Å². The Labute approximate surface area is 218 Å². The molecule has 0 fully saturated rings. The lowest BCUT2D eigenvalue weighted by Gasteiger charge is -2.22. The molecule has 1 aromatic heterocycles. The summed E-state index contributed by atoms with van der Waals surface area (Å²) in [5.41, 5.74) is 8.89. The zero-order valence-corrected chi connectivity index (χ0v) is 22.2. The number of aromatic nitrogens is 2. The van der Waals surface area contributed by atoms with Crippen molar-refractivity contribution in [1.82, 2.24) is 15.1 Å². The largest absolute Gasteiger partial charge is 0.481 e. The van der Waals surface area contributed by atoms with Crippen LogP contribution in [0.25, 0.3) is 22.0 Å². The summed E-state index contributed by atoms with van der Waals surface area (Å²) in [6.45, 7) is 10.9. The van der Waals surface area contributed by atoms with Crippen LogP contribution in [0.1, 0.15) is 65.3 Å². The average Bonchev–Trinajstić information content (AvgIpc) is 3.28. The molecule has 6 nitrogen and oxygen atoms in total. The lowest BCUT2D eigenvalue weighted by Crippen LogP contribution is -2.26. The van der Waals surface area contributed by atoms with Gasteiger partial charge in [0, 0.05) is 17.5 Å². The maximum Gasteiger partial charge on any atom is 0.305 e. The third kappa shape index (κ3) is 5.74. The minimum absolute atomic E-state index is 0.0213. The number of fused-ring (bicyclic) bond motifs is 1. The van der Waals surface area contributed by atoms with Gasteiger partial charge >= 0.3 is 5.97 Å². The molecule has 2 N–H and O–H groups in total. The van der Waals surface area contributed by atoms with Gasteiger partial charge in [0.2, 0.25) is 0 Å². The van der Waals surface area contributed by atoms with Crippen LogP contribution in [0.5, 0.6) is 0 Å². The fourth-order valence-electron chi connectivity index (χ4n) is 4.98. The van der Waals surface area contributed by atoms with Gasteiger partial charge in [-0.3, -0.25) is 14.3 Å². The van der Waals surface area contributed by atoms with E-state index in [2.05, 4.69) is 74.9 Å². The van der Waals surface area contributed by atoms with Crippen molar-refractivity contribution in [3.05, 3.63) is 88.6 Å². The van der Waals surface area contributed by atoms with E-state index in [9.17, 15) is 9.59 Å². The highest BCUT2D eigenvalue weighted by Gasteiger charge is 2.21. The van der Waals surface area contributed by atoms with Crippen LogP contribution in [0, 0.1) is 26.7 Å². The van der Waals surface area contributed by atoms with Crippen molar-refractivity contribution >= 4 is 22.8 Å². The average molecular weight is 498 g/mol. The Morgan fingerprint density at radius 1 is 0.973 bits per heavy atom.